The number of rotatable bonds is 9. The molecule has 0 bridgehead atoms. The Morgan fingerprint density at radius 2 is 1.70 bits per heavy atom. The van der Waals surface area contributed by atoms with Gasteiger partial charge in [-0.3, -0.25) is 4.79 Å². The number of benzene rings is 1. The van der Waals surface area contributed by atoms with E-state index >= 15 is 0 Å². The van der Waals surface area contributed by atoms with Gasteiger partial charge in [0.05, 0.1) is 6.26 Å². The number of hydrogen-bond acceptors (Lipinski definition) is 4. The Balaban J connectivity index is 2.84. The summed E-state index contributed by atoms with van der Waals surface area (Å²) in [5, 5.41) is 0. The molecule has 0 aliphatic heterocycles. The number of hydrogen-bond donors (Lipinski definition) is 0. The summed E-state index contributed by atoms with van der Waals surface area (Å²) in [6.45, 7) is 13.4. The van der Waals surface area contributed by atoms with Gasteiger partial charge < -0.3 is 9.08 Å². The average molecular weight is 398 g/mol. The second-order valence-corrected chi connectivity index (χ2v) is 10.4. The molecule has 0 N–H and O–H groups in total. The van der Waals surface area contributed by atoms with E-state index in [9.17, 15) is 13.2 Å². The zero-order chi connectivity index (χ0) is 20.8. The predicted molar refractivity (Wildman–Crippen MR) is 110 cm³/mol. The minimum Gasteiger partial charge on any atom is -0.383 e. The van der Waals surface area contributed by atoms with Crippen LogP contribution >= 0.6 is 0 Å². The molecular weight excluding hydrogens is 362 g/mol. The summed E-state index contributed by atoms with van der Waals surface area (Å²) in [6.07, 6.45) is 3.44. The molecule has 1 aromatic carbocycles. The second kappa shape index (κ2) is 9.58. The first-order chi connectivity index (χ1) is 12.3. The molecule has 0 fully saturated rings. The minimum atomic E-state index is -3.54. The van der Waals surface area contributed by atoms with E-state index in [4.69, 9.17) is 4.18 Å². The summed E-state index contributed by atoms with van der Waals surface area (Å²) in [6, 6.07) is 7.01. The largest absolute Gasteiger partial charge is 0.383 e. The smallest absolute Gasteiger partial charge is 0.306 e. The van der Waals surface area contributed by atoms with Crippen LogP contribution in [0.15, 0.2) is 24.3 Å². The molecule has 0 spiro atoms. The van der Waals surface area contributed by atoms with Crippen molar-refractivity contribution in [3.8, 4) is 5.75 Å². The van der Waals surface area contributed by atoms with E-state index in [1.807, 2.05) is 17.0 Å². The van der Waals surface area contributed by atoms with Crippen LogP contribution in [0.2, 0.25) is 0 Å². The van der Waals surface area contributed by atoms with Crippen molar-refractivity contribution < 1.29 is 17.4 Å². The predicted octanol–water partition coefficient (Wildman–Crippen LogP) is 4.61. The van der Waals surface area contributed by atoms with Crippen molar-refractivity contribution >= 4 is 16.0 Å². The van der Waals surface area contributed by atoms with Crippen molar-refractivity contribution in [3.63, 3.8) is 0 Å². The lowest BCUT2D eigenvalue weighted by Crippen LogP contribution is -2.38. The first-order valence-corrected chi connectivity index (χ1v) is 11.4. The van der Waals surface area contributed by atoms with Gasteiger partial charge in [-0.05, 0) is 48.8 Å². The second-order valence-electron chi connectivity index (χ2n) is 8.78. The maximum atomic E-state index is 12.9. The molecule has 0 aliphatic rings. The highest BCUT2D eigenvalue weighted by Gasteiger charge is 2.23. The van der Waals surface area contributed by atoms with Crippen molar-refractivity contribution in [2.45, 2.75) is 73.4 Å². The van der Waals surface area contributed by atoms with Crippen LogP contribution in [-0.4, -0.2) is 31.5 Å². The van der Waals surface area contributed by atoms with E-state index in [1.165, 1.54) is 0 Å². The van der Waals surface area contributed by atoms with Gasteiger partial charge in [-0.25, -0.2) is 0 Å². The van der Waals surface area contributed by atoms with Gasteiger partial charge in [0.15, 0.2) is 0 Å². The van der Waals surface area contributed by atoms with Crippen LogP contribution in [0, 0.1) is 11.3 Å². The van der Waals surface area contributed by atoms with Gasteiger partial charge in [0.2, 0.25) is 5.91 Å². The van der Waals surface area contributed by atoms with Crippen LogP contribution in [0.25, 0.3) is 0 Å². The highest BCUT2D eigenvalue weighted by Crippen LogP contribution is 2.27. The Hall–Kier alpha value is -1.56. The quantitative estimate of drug-likeness (QED) is 0.571. The third-order valence-electron chi connectivity index (χ3n) is 4.45. The molecule has 0 radical (unpaired) electrons. The summed E-state index contributed by atoms with van der Waals surface area (Å²) in [4.78, 5) is 14.8. The van der Waals surface area contributed by atoms with E-state index in [0.29, 0.717) is 18.9 Å². The Morgan fingerprint density at radius 3 is 2.15 bits per heavy atom. The molecule has 0 saturated heterocycles. The molecule has 154 valence electrons. The fourth-order valence-corrected chi connectivity index (χ4v) is 3.73. The highest BCUT2D eigenvalue weighted by molar-refractivity contribution is 7.86. The summed E-state index contributed by atoms with van der Waals surface area (Å²) < 4.78 is 27.3. The Kier molecular flexibility index (Phi) is 8.33. The van der Waals surface area contributed by atoms with Crippen molar-refractivity contribution in [1.29, 1.82) is 0 Å². The van der Waals surface area contributed by atoms with Gasteiger partial charge in [0.1, 0.15) is 5.75 Å². The molecular formula is C21H35NO4S. The van der Waals surface area contributed by atoms with E-state index < -0.39 is 10.1 Å². The Bertz CT molecular complexity index is 705. The lowest BCUT2D eigenvalue weighted by Gasteiger charge is -2.31. The molecule has 0 aromatic heterocycles. The van der Waals surface area contributed by atoms with Crippen LogP contribution in [0.1, 0.15) is 66.4 Å². The van der Waals surface area contributed by atoms with Gasteiger partial charge in [0, 0.05) is 19.0 Å². The van der Waals surface area contributed by atoms with Crippen LogP contribution in [0.3, 0.4) is 0 Å². The summed E-state index contributed by atoms with van der Waals surface area (Å²) >= 11 is 0. The average Bonchev–Trinajstić information content (AvgIpc) is 2.49. The zero-order valence-corrected chi connectivity index (χ0v) is 18.6. The molecule has 6 heteroatoms. The van der Waals surface area contributed by atoms with E-state index in [0.717, 1.165) is 24.7 Å². The van der Waals surface area contributed by atoms with Crippen LogP contribution < -0.4 is 4.18 Å². The number of amides is 1. The number of carbonyl (C=O) groups excluding carboxylic acids is 1. The van der Waals surface area contributed by atoms with E-state index in [2.05, 4.69) is 41.5 Å². The van der Waals surface area contributed by atoms with Crippen molar-refractivity contribution in [2.75, 3.05) is 6.26 Å². The molecule has 1 aromatic rings. The van der Waals surface area contributed by atoms with Gasteiger partial charge in [0.25, 0.3) is 0 Å². The SMILES string of the molecule is CC[C@@H](C)N(Cc1ccc(OS(C)(=O)=O)cc1)C(=O)C[C@H](C)CC(C)(C)C. The molecule has 0 unspecified atom stereocenters. The summed E-state index contributed by atoms with van der Waals surface area (Å²) in [5.41, 5.74) is 1.16. The van der Waals surface area contributed by atoms with Gasteiger partial charge in [-0.1, -0.05) is 46.8 Å². The Labute approximate surface area is 165 Å². The zero-order valence-electron chi connectivity index (χ0n) is 17.8. The molecule has 2 atom stereocenters. The van der Waals surface area contributed by atoms with Gasteiger partial charge >= 0.3 is 10.1 Å². The number of carbonyl (C=O) groups is 1. The van der Waals surface area contributed by atoms with Crippen LogP contribution in [0.5, 0.6) is 5.75 Å². The molecule has 0 heterocycles. The first kappa shape index (κ1) is 23.5. The van der Waals surface area contributed by atoms with E-state index in [-0.39, 0.29) is 23.1 Å². The lowest BCUT2D eigenvalue weighted by atomic mass is 9.84. The lowest BCUT2D eigenvalue weighted by molar-refractivity contribution is -0.135. The summed E-state index contributed by atoms with van der Waals surface area (Å²) in [5.74, 6) is 0.772. The van der Waals surface area contributed by atoms with E-state index in [1.54, 1.807) is 12.1 Å². The monoisotopic (exact) mass is 397 g/mol. The minimum absolute atomic E-state index is 0.145. The highest BCUT2D eigenvalue weighted by atomic mass is 32.2. The Morgan fingerprint density at radius 1 is 1.15 bits per heavy atom. The molecule has 1 amide bonds. The molecule has 27 heavy (non-hydrogen) atoms. The molecule has 0 aliphatic carbocycles. The number of nitrogens with zero attached hydrogens (tertiary/aromatic N) is 1. The van der Waals surface area contributed by atoms with Crippen molar-refractivity contribution in [1.82, 2.24) is 4.90 Å². The van der Waals surface area contributed by atoms with Gasteiger partial charge in [-0.2, -0.15) is 8.42 Å². The first-order valence-electron chi connectivity index (χ1n) is 9.58. The molecule has 5 nitrogen and oxygen atoms in total. The van der Waals surface area contributed by atoms with Crippen molar-refractivity contribution in [3.05, 3.63) is 29.8 Å². The van der Waals surface area contributed by atoms with Crippen LogP contribution in [-0.2, 0) is 21.5 Å². The fraction of sp³-hybridized carbons (Fsp3) is 0.667. The maximum absolute atomic E-state index is 12.9. The third kappa shape index (κ3) is 9.27. The van der Waals surface area contributed by atoms with Gasteiger partial charge in [-0.15, -0.1) is 0 Å². The third-order valence-corrected chi connectivity index (χ3v) is 4.95. The normalized spacial score (nSPS) is 14.5. The van der Waals surface area contributed by atoms with Crippen LogP contribution in [0.4, 0.5) is 0 Å². The topological polar surface area (TPSA) is 63.7 Å². The standard InChI is InChI=1S/C21H35NO4S/c1-8-17(3)22(20(23)13-16(2)14-21(4,5)6)15-18-9-11-19(12-10-18)26-27(7,24)25/h9-12,16-17H,8,13-15H2,1-7H3/t16-,17+/m0/s1. The fourth-order valence-electron chi connectivity index (χ4n) is 3.27. The molecule has 0 saturated carbocycles. The van der Waals surface area contributed by atoms with Crippen molar-refractivity contribution in [2.24, 2.45) is 11.3 Å². The maximum Gasteiger partial charge on any atom is 0.306 e. The molecule has 1 rings (SSSR count). The summed E-state index contributed by atoms with van der Waals surface area (Å²) in [7, 11) is -3.54.